The van der Waals surface area contributed by atoms with Gasteiger partial charge in [-0.2, -0.15) is 20.1 Å². The zero-order chi connectivity index (χ0) is 14.1. The van der Waals surface area contributed by atoms with E-state index in [4.69, 9.17) is 5.73 Å². The van der Waals surface area contributed by atoms with Crippen LogP contribution in [0.3, 0.4) is 0 Å². The quantitative estimate of drug-likeness (QED) is 0.767. The summed E-state index contributed by atoms with van der Waals surface area (Å²) >= 11 is 0. The van der Waals surface area contributed by atoms with Gasteiger partial charge in [-0.15, -0.1) is 0 Å². The second-order valence-corrected chi connectivity index (χ2v) is 4.23. The summed E-state index contributed by atoms with van der Waals surface area (Å²) in [6.07, 6.45) is 3.32. The fourth-order valence-corrected chi connectivity index (χ4v) is 1.87. The minimum atomic E-state index is -0.305. The number of hydrogen-bond acceptors (Lipinski definition) is 5. The molecule has 0 bridgehead atoms. The van der Waals surface area contributed by atoms with Gasteiger partial charge in [-0.25, -0.2) is 9.07 Å². The molecule has 0 radical (unpaired) electrons. The zero-order valence-electron chi connectivity index (χ0n) is 10.7. The maximum atomic E-state index is 13.2. The molecule has 2 N–H and O–H groups in total. The predicted octanol–water partition coefficient (Wildman–Crippen LogP) is 1.75. The lowest BCUT2D eigenvalue weighted by Gasteiger charge is -2.07. The Hall–Kier alpha value is -2.83. The molecule has 0 amide bonds. The van der Waals surface area contributed by atoms with E-state index >= 15 is 0 Å². The maximum Gasteiger partial charge on any atom is 0.255 e. The van der Waals surface area contributed by atoms with E-state index in [0.717, 1.165) is 5.56 Å². The summed E-state index contributed by atoms with van der Waals surface area (Å²) in [5, 5.41) is 4.05. The Kier molecular flexibility index (Phi) is 2.86. The summed E-state index contributed by atoms with van der Waals surface area (Å²) < 4.78 is 14.6. The highest BCUT2D eigenvalue weighted by molar-refractivity contribution is 5.61. The number of halogens is 1. The minimum Gasteiger partial charge on any atom is -0.368 e. The topological polar surface area (TPSA) is 82.5 Å². The van der Waals surface area contributed by atoms with Crippen LogP contribution in [0.2, 0.25) is 0 Å². The average molecular weight is 270 g/mol. The first-order valence-electron chi connectivity index (χ1n) is 5.91. The summed E-state index contributed by atoms with van der Waals surface area (Å²) in [7, 11) is 0. The largest absolute Gasteiger partial charge is 0.368 e. The van der Waals surface area contributed by atoms with Gasteiger partial charge in [0.2, 0.25) is 5.95 Å². The van der Waals surface area contributed by atoms with Crippen molar-refractivity contribution < 1.29 is 4.39 Å². The third-order valence-corrected chi connectivity index (χ3v) is 2.78. The van der Waals surface area contributed by atoms with Crippen LogP contribution in [-0.2, 0) is 0 Å². The second-order valence-electron chi connectivity index (χ2n) is 4.23. The fourth-order valence-electron chi connectivity index (χ4n) is 1.87. The van der Waals surface area contributed by atoms with Gasteiger partial charge >= 0.3 is 0 Å². The van der Waals surface area contributed by atoms with Crippen LogP contribution in [0, 0.1) is 12.7 Å². The van der Waals surface area contributed by atoms with E-state index < -0.39 is 0 Å². The first-order valence-corrected chi connectivity index (χ1v) is 5.91. The van der Waals surface area contributed by atoms with E-state index in [1.165, 1.54) is 16.8 Å². The molecule has 3 rings (SSSR count). The molecule has 0 saturated carbocycles. The highest BCUT2D eigenvalue weighted by Crippen LogP contribution is 2.21. The summed E-state index contributed by atoms with van der Waals surface area (Å²) in [5.74, 6) is 0.492. The van der Waals surface area contributed by atoms with Gasteiger partial charge in [-0.1, -0.05) is 0 Å². The monoisotopic (exact) mass is 270 g/mol. The van der Waals surface area contributed by atoms with Gasteiger partial charge in [0.05, 0.1) is 0 Å². The van der Waals surface area contributed by atoms with Crippen LogP contribution in [-0.4, -0.2) is 24.7 Å². The third-order valence-electron chi connectivity index (χ3n) is 2.78. The number of nitrogen functional groups attached to an aromatic ring is 1. The van der Waals surface area contributed by atoms with Crippen molar-refractivity contribution in [2.24, 2.45) is 0 Å². The molecule has 100 valence electrons. The molecular weight excluding hydrogens is 259 g/mol. The zero-order valence-corrected chi connectivity index (χ0v) is 10.7. The minimum absolute atomic E-state index is 0.0872. The molecule has 0 fully saturated rings. The van der Waals surface area contributed by atoms with Crippen molar-refractivity contribution in [3.8, 4) is 17.3 Å². The van der Waals surface area contributed by atoms with Crippen molar-refractivity contribution in [1.29, 1.82) is 0 Å². The van der Waals surface area contributed by atoms with Crippen molar-refractivity contribution in [1.82, 2.24) is 24.7 Å². The van der Waals surface area contributed by atoms with Gasteiger partial charge in [-0.05, 0) is 36.8 Å². The first-order chi connectivity index (χ1) is 9.63. The Morgan fingerprint density at radius 3 is 2.75 bits per heavy atom. The Bertz CT molecular complexity index is 754. The number of aryl methyl sites for hydroxylation is 1. The molecule has 1 aromatic carbocycles. The van der Waals surface area contributed by atoms with Crippen molar-refractivity contribution in [2.75, 3.05) is 5.73 Å². The number of hydrogen-bond donors (Lipinski definition) is 1. The summed E-state index contributed by atoms with van der Waals surface area (Å²) in [6.45, 7) is 1.78. The molecule has 0 unspecified atom stereocenters. The van der Waals surface area contributed by atoms with E-state index in [9.17, 15) is 4.39 Å². The number of benzene rings is 1. The molecule has 7 heteroatoms. The van der Waals surface area contributed by atoms with E-state index in [2.05, 4.69) is 20.1 Å². The smallest absolute Gasteiger partial charge is 0.255 e. The Morgan fingerprint density at radius 2 is 2.05 bits per heavy atom. The lowest BCUT2D eigenvalue weighted by molar-refractivity contribution is 0.627. The van der Waals surface area contributed by atoms with Gasteiger partial charge in [0.15, 0.2) is 5.82 Å². The number of nitrogens with zero attached hydrogens (tertiary/aromatic N) is 5. The van der Waals surface area contributed by atoms with Crippen LogP contribution >= 0.6 is 0 Å². The van der Waals surface area contributed by atoms with E-state index in [-0.39, 0.29) is 11.8 Å². The molecule has 0 saturated heterocycles. The molecule has 0 aliphatic heterocycles. The standard InChI is InChI=1S/C13H11FN6/c1-8-7-9(14)3-4-10(8)11-17-12(15)19-13(18-11)20-6-2-5-16-20/h2-7H,1H3,(H2,15,17,18,19). The Balaban J connectivity index is 2.14. The molecule has 2 heterocycles. The summed E-state index contributed by atoms with van der Waals surface area (Å²) in [5.41, 5.74) is 7.13. The molecule has 0 spiro atoms. The number of aromatic nitrogens is 5. The summed E-state index contributed by atoms with van der Waals surface area (Å²) in [4.78, 5) is 12.4. The second kappa shape index (κ2) is 4.69. The van der Waals surface area contributed by atoms with Gasteiger partial charge in [0.25, 0.3) is 5.95 Å². The lowest BCUT2D eigenvalue weighted by Crippen LogP contribution is -2.08. The molecule has 20 heavy (non-hydrogen) atoms. The molecule has 3 aromatic rings. The Labute approximate surface area is 114 Å². The first kappa shape index (κ1) is 12.2. The number of anilines is 1. The normalized spacial score (nSPS) is 10.7. The van der Waals surface area contributed by atoms with Crippen LogP contribution in [0.25, 0.3) is 17.3 Å². The average Bonchev–Trinajstić information content (AvgIpc) is 2.91. The van der Waals surface area contributed by atoms with Crippen molar-refractivity contribution in [3.63, 3.8) is 0 Å². The van der Waals surface area contributed by atoms with Crippen molar-refractivity contribution >= 4 is 5.95 Å². The maximum absolute atomic E-state index is 13.2. The molecule has 0 aliphatic rings. The molecule has 0 atom stereocenters. The van der Waals surface area contributed by atoms with Crippen LogP contribution in [0.5, 0.6) is 0 Å². The van der Waals surface area contributed by atoms with Crippen LogP contribution in [0.1, 0.15) is 5.56 Å². The molecule has 2 aromatic heterocycles. The fraction of sp³-hybridized carbons (Fsp3) is 0.0769. The van der Waals surface area contributed by atoms with Gasteiger partial charge in [0, 0.05) is 18.0 Å². The van der Waals surface area contributed by atoms with Crippen molar-refractivity contribution in [2.45, 2.75) is 6.92 Å². The highest BCUT2D eigenvalue weighted by atomic mass is 19.1. The van der Waals surface area contributed by atoms with Gasteiger partial charge in [0.1, 0.15) is 5.82 Å². The number of nitrogens with two attached hydrogens (primary N) is 1. The molecule has 0 aliphatic carbocycles. The van der Waals surface area contributed by atoms with E-state index in [0.29, 0.717) is 17.3 Å². The number of rotatable bonds is 2. The van der Waals surface area contributed by atoms with Gasteiger partial charge < -0.3 is 5.73 Å². The third kappa shape index (κ3) is 2.20. The van der Waals surface area contributed by atoms with Crippen LogP contribution in [0.15, 0.2) is 36.7 Å². The Morgan fingerprint density at radius 1 is 1.20 bits per heavy atom. The summed E-state index contributed by atoms with van der Waals surface area (Å²) in [6, 6.07) is 6.15. The lowest BCUT2D eigenvalue weighted by atomic mass is 10.1. The van der Waals surface area contributed by atoms with Crippen LogP contribution < -0.4 is 5.73 Å². The highest BCUT2D eigenvalue weighted by Gasteiger charge is 2.11. The van der Waals surface area contributed by atoms with Gasteiger partial charge in [-0.3, -0.25) is 0 Å². The SMILES string of the molecule is Cc1cc(F)ccc1-c1nc(N)nc(-n2cccn2)n1. The predicted molar refractivity (Wildman–Crippen MR) is 71.5 cm³/mol. The van der Waals surface area contributed by atoms with Crippen molar-refractivity contribution in [3.05, 3.63) is 48.0 Å². The molecule has 6 nitrogen and oxygen atoms in total. The molecular formula is C13H11FN6. The van der Waals surface area contributed by atoms with Crippen LogP contribution in [0.4, 0.5) is 10.3 Å². The van der Waals surface area contributed by atoms with E-state index in [1.807, 2.05) is 0 Å². The van der Waals surface area contributed by atoms with E-state index in [1.54, 1.807) is 31.5 Å².